The molecule has 41 heavy (non-hydrogen) atoms. The number of carboxylic acids is 2. The number of nitrogens with zero attached hydrogens (tertiary/aromatic N) is 1. The quantitative estimate of drug-likeness (QED) is 0.0799. The minimum Gasteiger partial charge on any atom is -0.493 e. The van der Waals surface area contributed by atoms with Crippen LogP contribution in [0.25, 0.3) is 0 Å². The summed E-state index contributed by atoms with van der Waals surface area (Å²) in [6.07, 6.45) is 2.50. The summed E-state index contributed by atoms with van der Waals surface area (Å²) < 4.78 is 43.8. The van der Waals surface area contributed by atoms with Crippen LogP contribution in [-0.4, -0.2) is 74.2 Å². The molecule has 0 aliphatic carbocycles. The second-order valence-electron chi connectivity index (χ2n) is 9.10. The molecule has 2 rings (SSSR count). The maximum absolute atomic E-state index is 11.2. The predicted octanol–water partition coefficient (Wildman–Crippen LogP) is 1.57. The first-order chi connectivity index (χ1) is 19.1. The molecule has 2 aromatic carbocycles. The van der Waals surface area contributed by atoms with Crippen molar-refractivity contribution in [3.8, 4) is 23.0 Å². The van der Waals surface area contributed by atoms with Crippen molar-refractivity contribution in [3.63, 3.8) is 0 Å². The van der Waals surface area contributed by atoms with Crippen molar-refractivity contribution in [2.45, 2.75) is 44.8 Å². The zero-order valence-electron chi connectivity index (χ0n) is 23.2. The van der Waals surface area contributed by atoms with Crippen molar-refractivity contribution >= 4 is 28.0 Å². The molecule has 15 heteroatoms. The third-order valence-corrected chi connectivity index (χ3v) is 5.35. The van der Waals surface area contributed by atoms with E-state index in [0.29, 0.717) is 56.3 Å². The fourth-order valence-electron chi connectivity index (χ4n) is 2.84. The lowest BCUT2D eigenvalue weighted by molar-refractivity contribution is -0.152. The van der Waals surface area contributed by atoms with Crippen molar-refractivity contribution in [1.29, 1.82) is 0 Å². The minimum atomic E-state index is -3.59. The van der Waals surface area contributed by atoms with Gasteiger partial charge in [0.1, 0.15) is 29.0 Å². The van der Waals surface area contributed by atoms with Crippen LogP contribution < -0.4 is 35.6 Å². The Hall–Kier alpha value is -4.24. The van der Waals surface area contributed by atoms with Gasteiger partial charge in [0, 0.05) is 25.1 Å². The van der Waals surface area contributed by atoms with Gasteiger partial charge in [-0.05, 0) is 51.0 Å². The number of rotatable bonds is 16. The molecule has 14 nitrogen and oxygen atoms in total. The zero-order chi connectivity index (χ0) is 31.1. The lowest BCUT2D eigenvalue weighted by Gasteiger charge is -2.21. The topological polar surface area (TPSA) is 236 Å². The highest BCUT2D eigenvalue weighted by molar-refractivity contribution is 7.86. The van der Waals surface area contributed by atoms with Crippen LogP contribution in [0.4, 0.5) is 0 Å². The number of carbonyl (C=O) groups is 2. The van der Waals surface area contributed by atoms with E-state index in [-0.39, 0.29) is 11.7 Å². The summed E-state index contributed by atoms with van der Waals surface area (Å²) in [7, 11) is -3.59. The van der Waals surface area contributed by atoms with Gasteiger partial charge in [-0.2, -0.15) is 8.42 Å². The Morgan fingerprint density at radius 1 is 0.927 bits per heavy atom. The summed E-state index contributed by atoms with van der Waals surface area (Å²) >= 11 is 0. The molecule has 1 unspecified atom stereocenters. The molecule has 0 fully saturated rings. The number of hydrogen-bond acceptors (Lipinski definition) is 10. The van der Waals surface area contributed by atoms with E-state index in [1.165, 1.54) is 26.0 Å². The fraction of sp³-hybridized carbons (Fsp3) is 0.423. The molecule has 228 valence electrons. The Bertz CT molecular complexity index is 1260. The molecule has 0 heterocycles. The highest BCUT2D eigenvalue weighted by atomic mass is 32.2. The number of carboxylic acid groups (broad SMARTS) is 2. The van der Waals surface area contributed by atoms with Crippen molar-refractivity contribution in [2.24, 2.45) is 22.2 Å². The SMILES string of the molecule is CC(C)(Oc1cccc(OCCCOc2cccc(OS(C)(=O)=O)c2)c1)C(=O)O.NC(N)=NCCCC(N)C(=O)O. The lowest BCUT2D eigenvalue weighted by Crippen LogP contribution is -2.37. The van der Waals surface area contributed by atoms with Gasteiger partial charge in [-0.3, -0.25) is 9.79 Å². The van der Waals surface area contributed by atoms with Crippen molar-refractivity contribution < 1.29 is 46.6 Å². The van der Waals surface area contributed by atoms with E-state index < -0.39 is 33.7 Å². The molecule has 8 N–H and O–H groups in total. The van der Waals surface area contributed by atoms with Gasteiger partial charge in [0.25, 0.3) is 0 Å². The zero-order valence-corrected chi connectivity index (χ0v) is 24.0. The van der Waals surface area contributed by atoms with Crippen molar-refractivity contribution in [3.05, 3.63) is 48.5 Å². The van der Waals surface area contributed by atoms with E-state index in [4.69, 9.17) is 45.8 Å². The molecule has 0 bridgehead atoms. The summed E-state index contributed by atoms with van der Waals surface area (Å²) in [5, 5.41) is 17.5. The Morgan fingerprint density at radius 2 is 1.44 bits per heavy atom. The largest absolute Gasteiger partial charge is 0.493 e. The number of ether oxygens (including phenoxy) is 3. The highest BCUT2D eigenvalue weighted by Gasteiger charge is 2.29. The average molecular weight is 599 g/mol. The Labute approximate surface area is 239 Å². The van der Waals surface area contributed by atoms with Gasteiger partial charge in [-0.1, -0.05) is 12.1 Å². The monoisotopic (exact) mass is 598 g/mol. The van der Waals surface area contributed by atoms with Crippen LogP contribution in [0.15, 0.2) is 53.5 Å². The number of hydrogen-bond donors (Lipinski definition) is 5. The Kier molecular flexibility index (Phi) is 14.2. The van der Waals surface area contributed by atoms with Crippen molar-refractivity contribution in [2.75, 3.05) is 26.0 Å². The van der Waals surface area contributed by atoms with Crippen LogP contribution in [0.5, 0.6) is 23.0 Å². The van der Waals surface area contributed by atoms with Gasteiger partial charge in [-0.15, -0.1) is 0 Å². The van der Waals surface area contributed by atoms with Crippen LogP contribution in [0.3, 0.4) is 0 Å². The van der Waals surface area contributed by atoms with E-state index in [0.717, 1.165) is 6.26 Å². The first-order valence-electron chi connectivity index (χ1n) is 12.4. The van der Waals surface area contributed by atoms with Gasteiger partial charge in [0.05, 0.1) is 19.5 Å². The van der Waals surface area contributed by atoms with Gasteiger partial charge in [-0.25, -0.2) is 4.79 Å². The van der Waals surface area contributed by atoms with Crippen LogP contribution in [0.1, 0.15) is 33.1 Å². The minimum absolute atomic E-state index is 0.0129. The van der Waals surface area contributed by atoms with E-state index in [9.17, 15) is 18.0 Å². The second-order valence-corrected chi connectivity index (χ2v) is 10.7. The molecule has 0 aliphatic heterocycles. The maximum atomic E-state index is 11.2. The second kappa shape index (κ2) is 16.8. The smallest absolute Gasteiger partial charge is 0.347 e. The number of nitrogens with two attached hydrogens (primary N) is 3. The van der Waals surface area contributed by atoms with Gasteiger partial charge in [0.15, 0.2) is 11.6 Å². The molecular formula is C26H38N4O10S. The number of benzene rings is 2. The first-order valence-corrected chi connectivity index (χ1v) is 14.2. The van der Waals surface area contributed by atoms with Gasteiger partial charge < -0.3 is 45.8 Å². The molecule has 0 aliphatic rings. The van der Waals surface area contributed by atoms with Gasteiger partial charge in [0.2, 0.25) is 0 Å². The lowest BCUT2D eigenvalue weighted by atomic mass is 10.1. The Balaban J connectivity index is 0.000000590. The first kappa shape index (κ1) is 34.8. The normalized spacial score (nSPS) is 11.7. The standard InChI is InChI=1S/C20H24O8S.C6H14N4O2/c1-20(2,19(21)22)27-17-9-4-7-15(13-17)25-11-6-12-26-16-8-5-10-18(14-16)28-29(3,23)24;7-4(5(11)12)2-1-3-10-6(8)9/h4-5,7-10,13-14H,6,11-12H2,1-3H3,(H,21,22);4H,1-3,7H2,(H,11,12)(H4,8,9,10). The summed E-state index contributed by atoms with van der Waals surface area (Å²) in [4.78, 5) is 25.0. The summed E-state index contributed by atoms with van der Waals surface area (Å²) in [5.41, 5.74) is 14.0. The molecule has 1 atom stereocenters. The molecule has 2 aromatic rings. The van der Waals surface area contributed by atoms with E-state index in [2.05, 4.69) is 4.99 Å². The fourth-order valence-corrected chi connectivity index (χ4v) is 3.29. The summed E-state index contributed by atoms with van der Waals surface area (Å²) in [6.45, 7) is 4.07. The third-order valence-electron chi connectivity index (χ3n) is 4.86. The third kappa shape index (κ3) is 15.8. The summed E-state index contributed by atoms with van der Waals surface area (Å²) in [6, 6.07) is 12.3. The highest BCUT2D eigenvalue weighted by Crippen LogP contribution is 2.24. The molecule has 0 saturated heterocycles. The van der Waals surface area contributed by atoms with Crippen LogP contribution in [0.2, 0.25) is 0 Å². The van der Waals surface area contributed by atoms with E-state index in [1.54, 1.807) is 36.4 Å². The molecule has 0 amide bonds. The van der Waals surface area contributed by atoms with Crippen LogP contribution in [0, 0.1) is 0 Å². The van der Waals surface area contributed by atoms with E-state index in [1.807, 2.05) is 0 Å². The predicted molar refractivity (Wildman–Crippen MR) is 152 cm³/mol. The molecule has 0 saturated carbocycles. The average Bonchev–Trinajstić information content (AvgIpc) is 2.85. The van der Waals surface area contributed by atoms with Crippen LogP contribution in [-0.2, 0) is 19.7 Å². The molecule has 0 spiro atoms. The number of guanidine groups is 1. The molecular weight excluding hydrogens is 560 g/mol. The van der Waals surface area contributed by atoms with Crippen LogP contribution >= 0.6 is 0 Å². The number of aliphatic carboxylic acids is 2. The maximum Gasteiger partial charge on any atom is 0.347 e. The molecule has 0 aromatic heterocycles. The van der Waals surface area contributed by atoms with Gasteiger partial charge >= 0.3 is 22.1 Å². The molecule has 0 radical (unpaired) electrons. The van der Waals surface area contributed by atoms with E-state index >= 15 is 0 Å². The Morgan fingerprint density at radius 3 is 1.93 bits per heavy atom. The summed E-state index contributed by atoms with van der Waals surface area (Å²) in [5.74, 6) is -0.438. The van der Waals surface area contributed by atoms with Crippen molar-refractivity contribution in [1.82, 2.24) is 0 Å². The number of aliphatic imine (C=N–C) groups is 1.